The van der Waals surface area contributed by atoms with E-state index < -0.39 is 0 Å². The van der Waals surface area contributed by atoms with Crippen molar-refractivity contribution in [1.82, 2.24) is 4.57 Å². The third kappa shape index (κ3) is 3.73. The number of Topliss-reactive ketones (excluding diaryl/α,β-unsaturated/α-hetero) is 1. The highest BCUT2D eigenvalue weighted by atomic mass is 19.1. The first-order valence-electron chi connectivity index (χ1n) is 7.58. The molecule has 0 atom stereocenters. The van der Waals surface area contributed by atoms with Crippen molar-refractivity contribution in [3.63, 3.8) is 0 Å². The molecule has 0 aliphatic rings. The average molecular weight is 299 g/mol. The first-order valence-corrected chi connectivity index (χ1v) is 7.58. The molecule has 0 aliphatic carbocycles. The Kier molecular flexibility index (Phi) is 5.31. The van der Waals surface area contributed by atoms with Gasteiger partial charge >= 0.3 is 0 Å². The highest BCUT2D eigenvalue weighted by Crippen LogP contribution is 2.17. The second-order valence-corrected chi connectivity index (χ2v) is 5.53. The summed E-state index contributed by atoms with van der Waals surface area (Å²) in [6.45, 7) is 6.75. The summed E-state index contributed by atoms with van der Waals surface area (Å²) in [5.41, 5.74) is 4.00. The summed E-state index contributed by atoms with van der Waals surface area (Å²) in [7, 11) is 0. The number of aromatic nitrogens is 1. The van der Waals surface area contributed by atoms with E-state index in [9.17, 15) is 9.18 Å². The third-order valence-corrected chi connectivity index (χ3v) is 3.98. The fourth-order valence-electron chi connectivity index (χ4n) is 2.50. The molecule has 0 unspecified atom stereocenters. The molecule has 0 N–H and O–H groups in total. The van der Waals surface area contributed by atoms with Gasteiger partial charge in [-0.25, -0.2) is 4.39 Å². The van der Waals surface area contributed by atoms with Gasteiger partial charge < -0.3 is 4.57 Å². The maximum absolute atomic E-state index is 12.9. The normalized spacial score (nSPS) is 11.3. The van der Waals surface area contributed by atoms with Crippen molar-refractivity contribution >= 4 is 5.78 Å². The van der Waals surface area contributed by atoms with Crippen molar-refractivity contribution in [3.05, 3.63) is 70.8 Å². The number of carbonyl (C=O) groups is 1. The molecule has 0 radical (unpaired) electrons. The monoisotopic (exact) mass is 299 g/mol. The number of ketones is 1. The summed E-state index contributed by atoms with van der Waals surface area (Å²) in [5, 5.41) is 0. The summed E-state index contributed by atoms with van der Waals surface area (Å²) < 4.78 is 15.0. The standard InChI is InChI=1S/C19H22FNO/c1-4-5-12-21-15(3)14(2)13-18(21)19(22)11-8-16-6-9-17(20)10-7-16/h4-7,9-10,13H,8,11-12H2,1-3H3/b5-4+. The minimum absolute atomic E-state index is 0.130. The summed E-state index contributed by atoms with van der Waals surface area (Å²) >= 11 is 0. The molecule has 0 fully saturated rings. The molecule has 116 valence electrons. The maximum Gasteiger partial charge on any atom is 0.179 e. The Bertz CT molecular complexity index is 680. The average Bonchev–Trinajstić information content (AvgIpc) is 2.80. The predicted octanol–water partition coefficient (Wildman–Crippen LogP) is 4.64. The number of hydrogen-bond donors (Lipinski definition) is 0. The summed E-state index contributed by atoms with van der Waals surface area (Å²) in [6, 6.07) is 8.30. The molecule has 0 amide bonds. The van der Waals surface area contributed by atoms with Gasteiger partial charge in [-0.3, -0.25) is 4.79 Å². The lowest BCUT2D eigenvalue weighted by Gasteiger charge is -2.09. The van der Waals surface area contributed by atoms with Crippen LogP contribution in [0.3, 0.4) is 0 Å². The van der Waals surface area contributed by atoms with Gasteiger partial charge in [0.1, 0.15) is 5.82 Å². The van der Waals surface area contributed by atoms with Gasteiger partial charge in [0.2, 0.25) is 0 Å². The maximum atomic E-state index is 12.9. The quantitative estimate of drug-likeness (QED) is 0.563. The molecule has 0 spiro atoms. The minimum atomic E-state index is -0.249. The van der Waals surface area contributed by atoms with Crippen molar-refractivity contribution in [2.45, 2.75) is 40.2 Å². The van der Waals surface area contributed by atoms with Crippen molar-refractivity contribution < 1.29 is 9.18 Å². The number of rotatable bonds is 6. The number of nitrogens with zero attached hydrogens (tertiary/aromatic N) is 1. The molecular weight excluding hydrogens is 277 g/mol. The van der Waals surface area contributed by atoms with E-state index in [2.05, 4.69) is 4.57 Å². The molecule has 2 rings (SSSR count). The number of carbonyl (C=O) groups excluding carboxylic acids is 1. The second kappa shape index (κ2) is 7.21. The van der Waals surface area contributed by atoms with E-state index in [1.807, 2.05) is 39.0 Å². The molecule has 0 aliphatic heterocycles. The van der Waals surface area contributed by atoms with Crippen LogP contribution in [-0.4, -0.2) is 10.4 Å². The fourth-order valence-corrected chi connectivity index (χ4v) is 2.50. The van der Waals surface area contributed by atoms with E-state index in [1.165, 1.54) is 12.1 Å². The number of hydrogen-bond acceptors (Lipinski definition) is 1. The zero-order valence-electron chi connectivity index (χ0n) is 13.4. The van der Waals surface area contributed by atoms with Gasteiger partial charge in [0.05, 0.1) is 5.69 Å². The van der Waals surface area contributed by atoms with Crippen LogP contribution in [0.4, 0.5) is 4.39 Å². The predicted molar refractivity (Wildman–Crippen MR) is 87.8 cm³/mol. The van der Waals surface area contributed by atoms with Gasteiger partial charge in [0.15, 0.2) is 5.78 Å². The van der Waals surface area contributed by atoms with Crippen LogP contribution in [-0.2, 0) is 13.0 Å². The lowest BCUT2D eigenvalue weighted by Crippen LogP contribution is -2.10. The van der Waals surface area contributed by atoms with Crippen LogP contribution in [0.25, 0.3) is 0 Å². The number of aryl methyl sites for hydroxylation is 2. The molecule has 1 aromatic carbocycles. The van der Waals surface area contributed by atoms with E-state index in [-0.39, 0.29) is 11.6 Å². The summed E-state index contributed by atoms with van der Waals surface area (Å²) in [5.74, 6) is -0.119. The first kappa shape index (κ1) is 16.2. The zero-order chi connectivity index (χ0) is 16.1. The lowest BCUT2D eigenvalue weighted by molar-refractivity contribution is 0.0974. The van der Waals surface area contributed by atoms with Crippen molar-refractivity contribution in [1.29, 1.82) is 0 Å². The molecule has 2 nitrogen and oxygen atoms in total. The Morgan fingerprint density at radius 2 is 1.91 bits per heavy atom. The van der Waals surface area contributed by atoms with Gasteiger partial charge in [0.25, 0.3) is 0 Å². The Balaban J connectivity index is 2.12. The van der Waals surface area contributed by atoms with Crippen LogP contribution >= 0.6 is 0 Å². The first-order chi connectivity index (χ1) is 10.5. The smallest absolute Gasteiger partial charge is 0.179 e. The van der Waals surface area contributed by atoms with E-state index in [0.717, 1.165) is 22.5 Å². The molecule has 2 aromatic rings. The number of halogens is 1. The summed E-state index contributed by atoms with van der Waals surface area (Å²) in [6.07, 6.45) is 5.10. The highest BCUT2D eigenvalue weighted by molar-refractivity contribution is 5.95. The van der Waals surface area contributed by atoms with Crippen LogP contribution in [0.5, 0.6) is 0 Å². The molecule has 3 heteroatoms. The molecule has 1 heterocycles. The van der Waals surface area contributed by atoms with Gasteiger partial charge in [0, 0.05) is 18.7 Å². The fraction of sp³-hybridized carbons (Fsp3) is 0.316. The minimum Gasteiger partial charge on any atom is -0.338 e. The van der Waals surface area contributed by atoms with Crippen LogP contribution in [0, 0.1) is 19.7 Å². The van der Waals surface area contributed by atoms with Gasteiger partial charge in [-0.05, 0) is 56.5 Å². The molecule has 22 heavy (non-hydrogen) atoms. The van der Waals surface area contributed by atoms with Gasteiger partial charge in [-0.1, -0.05) is 24.3 Å². The molecule has 0 saturated heterocycles. The van der Waals surface area contributed by atoms with Crippen molar-refractivity contribution in [3.8, 4) is 0 Å². The lowest BCUT2D eigenvalue weighted by atomic mass is 10.1. The molecular formula is C19H22FNO. The van der Waals surface area contributed by atoms with Crippen LogP contribution in [0.15, 0.2) is 42.5 Å². The Morgan fingerprint density at radius 1 is 1.23 bits per heavy atom. The Labute approximate surface area is 131 Å². The second-order valence-electron chi connectivity index (χ2n) is 5.53. The van der Waals surface area contributed by atoms with E-state index >= 15 is 0 Å². The van der Waals surface area contributed by atoms with Crippen LogP contribution in [0.2, 0.25) is 0 Å². The van der Waals surface area contributed by atoms with E-state index in [0.29, 0.717) is 19.4 Å². The Hall–Kier alpha value is -2.16. The van der Waals surface area contributed by atoms with Crippen molar-refractivity contribution in [2.24, 2.45) is 0 Å². The Morgan fingerprint density at radius 3 is 2.55 bits per heavy atom. The molecule has 0 saturated carbocycles. The van der Waals surface area contributed by atoms with Gasteiger partial charge in [-0.15, -0.1) is 0 Å². The van der Waals surface area contributed by atoms with Crippen molar-refractivity contribution in [2.75, 3.05) is 0 Å². The number of allylic oxidation sites excluding steroid dienone is 2. The van der Waals surface area contributed by atoms with Crippen LogP contribution in [0.1, 0.15) is 40.7 Å². The molecule has 0 bridgehead atoms. The van der Waals surface area contributed by atoms with Gasteiger partial charge in [-0.2, -0.15) is 0 Å². The third-order valence-electron chi connectivity index (χ3n) is 3.98. The SMILES string of the molecule is C/C=C/Cn1c(C(=O)CCc2ccc(F)cc2)cc(C)c1C. The van der Waals surface area contributed by atoms with E-state index in [1.54, 1.807) is 12.1 Å². The topological polar surface area (TPSA) is 22.0 Å². The largest absolute Gasteiger partial charge is 0.338 e. The number of benzene rings is 1. The summed E-state index contributed by atoms with van der Waals surface area (Å²) in [4.78, 5) is 12.5. The molecule has 1 aromatic heterocycles. The highest BCUT2D eigenvalue weighted by Gasteiger charge is 2.15. The zero-order valence-corrected chi connectivity index (χ0v) is 13.4. The van der Waals surface area contributed by atoms with E-state index in [4.69, 9.17) is 0 Å². The van der Waals surface area contributed by atoms with Crippen LogP contribution < -0.4 is 0 Å².